The summed E-state index contributed by atoms with van der Waals surface area (Å²) in [5.41, 5.74) is 7.87. The summed E-state index contributed by atoms with van der Waals surface area (Å²) in [6, 6.07) is 14.7. The molecule has 19 heavy (non-hydrogen) atoms. The number of rotatable bonds is 2. The van der Waals surface area contributed by atoms with E-state index in [4.69, 9.17) is 5.73 Å². The molecule has 0 aliphatic rings. The highest BCUT2D eigenvalue weighted by atomic mass is 32.1. The largest absolute Gasteiger partial charge is 0.375 e. The summed E-state index contributed by atoms with van der Waals surface area (Å²) in [6.07, 6.45) is 0. The fourth-order valence-corrected chi connectivity index (χ4v) is 2.59. The van der Waals surface area contributed by atoms with Gasteiger partial charge < -0.3 is 11.1 Å². The van der Waals surface area contributed by atoms with Gasteiger partial charge in [-0.3, -0.25) is 4.79 Å². The van der Waals surface area contributed by atoms with Crippen molar-refractivity contribution in [2.45, 2.75) is 0 Å². The maximum atomic E-state index is 12.0. The zero-order valence-corrected chi connectivity index (χ0v) is 10.8. The Kier molecular flexibility index (Phi) is 2.89. The molecule has 0 radical (unpaired) electrons. The number of carbonyl (C=O) groups is 1. The number of benzene rings is 2. The summed E-state index contributed by atoms with van der Waals surface area (Å²) in [5, 5.41) is 3.39. The van der Waals surface area contributed by atoms with Gasteiger partial charge in [-0.15, -0.1) is 0 Å². The molecule has 0 fully saturated rings. The predicted molar refractivity (Wildman–Crippen MR) is 78.4 cm³/mol. The quantitative estimate of drug-likeness (QED) is 0.751. The lowest BCUT2D eigenvalue weighted by molar-refractivity contribution is 0.102. The Bertz CT molecular complexity index is 737. The molecule has 0 atom stereocenters. The van der Waals surface area contributed by atoms with Crippen LogP contribution >= 0.6 is 11.3 Å². The molecular formula is C14H11N3OS. The van der Waals surface area contributed by atoms with Crippen molar-refractivity contribution in [3.63, 3.8) is 0 Å². The average Bonchev–Trinajstić information content (AvgIpc) is 2.79. The van der Waals surface area contributed by atoms with Crippen molar-refractivity contribution in [1.29, 1.82) is 0 Å². The summed E-state index contributed by atoms with van der Waals surface area (Å²) in [5.74, 6) is -0.127. The van der Waals surface area contributed by atoms with Crippen LogP contribution in [0.3, 0.4) is 0 Å². The maximum Gasteiger partial charge on any atom is 0.255 e. The van der Waals surface area contributed by atoms with E-state index in [0.29, 0.717) is 10.7 Å². The molecule has 0 saturated carbocycles. The Hall–Kier alpha value is -2.40. The minimum Gasteiger partial charge on any atom is -0.375 e. The highest BCUT2D eigenvalue weighted by Gasteiger charge is 2.07. The molecule has 94 valence electrons. The molecule has 0 spiro atoms. The minimum absolute atomic E-state index is 0.127. The van der Waals surface area contributed by atoms with Gasteiger partial charge in [-0.05, 0) is 30.3 Å². The lowest BCUT2D eigenvalue weighted by atomic mass is 10.2. The predicted octanol–water partition coefficient (Wildman–Crippen LogP) is 3.13. The Morgan fingerprint density at radius 1 is 1.16 bits per heavy atom. The van der Waals surface area contributed by atoms with Crippen molar-refractivity contribution < 1.29 is 4.79 Å². The number of nitrogens with two attached hydrogens (primary N) is 1. The second-order valence-corrected chi connectivity index (χ2v) is 5.12. The zero-order chi connectivity index (χ0) is 13.2. The van der Waals surface area contributed by atoms with Crippen LogP contribution in [0.2, 0.25) is 0 Å². The van der Waals surface area contributed by atoms with E-state index in [1.54, 1.807) is 12.1 Å². The number of aromatic nitrogens is 1. The van der Waals surface area contributed by atoms with Crippen molar-refractivity contribution in [2.24, 2.45) is 0 Å². The van der Waals surface area contributed by atoms with E-state index in [9.17, 15) is 4.79 Å². The van der Waals surface area contributed by atoms with E-state index in [0.717, 1.165) is 15.9 Å². The van der Waals surface area contributed by atoms with Gasteiger partial charge in [0, 0.05) is 11.3 Å². The van der Waals surface area contributed by atoms with Crippen molar-refractivity contribution >= 4 is 38.3 Å². The molecule has 1 aromatic heterocycles. The molecular weight excluding hydrogens is 258 g/mol. The number of carbonyl (C=O) groups excluding carboxylic acids is 1. The van der Waals surface area contributed by atoms with E-state index in [-0.39, 0.29) is 5.91 Å². The fourth-order valence-electron chi connectivity index (χ4n) is 1.81. The molecule has 1 heterocycles. The van der Waals surface area contributed by atoms with Crippen LogP contribution in [0.25, 0.3) is 10.2 Å². The molecule has 3 aromatic rings. The van der Waals surface area contributed by atoms with Crippen LogP contribution in [0.5, 0.6) is 0 Å². The van der Waals surface area contributed by atoms with E-state index in [1.165, 1.54) is 11.3 Å². The summed E-state index contributed by atoms with van der Waals surface area (Å²) in [7, 11) is 0. The van der Waals surface area contributed by atoms with Crippen molar-refractivity contribution in [3.05, 3.63) is 54.1 Å². The molecule has 0 aliphatic carbocycles. The van der Waals surface area contributed by atoms with Gasteiger partial charge in [-0.1, -0.05) is 29.5 Å². The number of amides is 1. The Morgan fingerprint density at radius 2 is 1.95 bits per heavy atom. The lowest BCUT2D eigenvalue weighted by Crippen LogP contribution is -2.11. The minimum atomic E-state index is -0.127. The SMILES string of the molecule is Nc1nc2ccc(NC(=O)c3ccccc3)cc2s1. The first-order valence-corrected chi connectivity index (χ1v) is 6.56. The molecule has 3 rings (SSSR count). The van der Waals surface area contributed by atoms with Gasteiger partial charge in [0.1, 0.15) is 0 Å². The van der Waals surface area contributed by atoms with Crippen molar-refractivity contribution in [3.8, 4) is 0 Å². The molecule has 2 aromatic carbocycles. The van der Waals surface area contributed by atoms with Gasteiger partial charge in [0.25, 0.3) is 5.91 Å². The first-order chi connectivity index (χ1) is 9.22. The number of hydrogen-bond acceptors (Lipinski definition) is 4. The average molecular weight is 269 g/mol. The van der Waals surface area contributed by atoms with Crippen LogP contribution < -0.4 is 11.1 Å². The van der Waals surface area contributed by atoms with Crippen LogP contribution in [0.15, 0.2) is 48.5 Å². The van der Waals surface area contributed by atoms with Gasteiger partial charge in [0.05, 0.1) is 10.2 Å². The van der Waals surface area contributed by atoms with Crippen LogP contribution in [-0.2, 0) is 0 Å². The van der Waals surface area contributed by atoms with Crippen LogP contribution in [0, 0.1) is 0 Å². The van der Waals surface area contributed by atoms with Crippen LogP contribution in [0.4, 0.5) is 10.8 Å². The normalized spacial score (nSPS) is 10.5. The Labute approximate surface area is 113 Å². The molecule has 0 saturated heterocycles. The van der Waals surface area contributed by atoms with E-state index < -0.39 is 0 Å². The number of fused-ring (bicyclic) bond motifs is 1. The van der Waals surface area contributed by atoms with Crippen LogP contribution in [-0.4, -0.2) is 10.9 Å². The van der Waals surface area contributed by atoms with Gasteiger partial charge in [0.2, 0.25) is 0 Å². The second-order valence-electron chi connectivity index (χ2n) is 4.05. The number of thiazole rings is 1. The molecule has 5 heteroatoms. The number of nitrogen functional groups attached to an aromatic ring is 1. The van der Waals surface area contributed by atoms with E-state index in [1.807, 2.05) is 36.4 Å². The van der Waals surface area contributed by atoms with Gasteiger partial charge in [-0.25, -0.2) is 4.98 Å². The molecule has 0 aliphatic heterocycles. The molecule has 0 bridgehead atoms. The molecule has 3 N–H and O–H groups in total. The third kappa shape index (κ3) is 2.41. The van der Waals surface area contributed by atoms with Crippen molar-refractivity contribution in [2.75, 3.05) is 11.1 Å². The highest BCUT2D eigenvalue weighted by molar-refractivity contribution is 7.22. The third-order valence-corrected chi connectivity index (χ3v) is 3.55. The fraction of sp³-hybridized carbons (Fsp3) is 0. The zero-order valence-electron chi connectivity index (χ0n) is 9.96. The Morgan fingerprint density at radius 3 is 2.74 bits per heavy atom. The first-order valence-electron chi connectivity index (χ1n) is 5.75. The van der Waals surface area contributed by atoms with Gasteiger partial charge in [0.15, 0.2) is 5.13 Å². The van der Waals surface area contributed by atoms with E-state index >= 15 is 0 Å². The maximum absolute atomic E-state index is 12.0. The summed E-state index contributed by atoms with van der Waals surface area (Å²) in [4.78, 5) is 16.2. The summed E-state index contributed by atoms with van der Waals surface area (Å²) >= 11 is 1.40. The first kappa shape index (κ1) is 11.7. The monoisotopic (exact) mass is 269 g/mol. The smallest absolute Gasteiger partial charge is 0.255 e. The molecule has 4 nitrogen and oxygen atoms in total. The van der Waals surface area contributed by atoms with Gasteiger partial charge in [-0.2, -0.15) is 0 Å². The van der Waals surface area contributed by atoms with Crippen molar-refractivity contribution in [1.82, 2.24) is 4.98 Å². The standard InChI is InChI=1S/C14H11N3OS/c15-14-17-11-7-6-10(8-12(11)19-14)16-13(18)9-4-2-1-3-5-9/h1-8H,(H2,15,17)(H,16,18). The van der Waals surface area contributed by atoms with E-state index in [2.05, 4.69) is 10.3 Å². The molecule has 0 unspecified atom stereocenters. The topological polar surface area (TPSA) is 68.0 Å². The molecule has 1 amide bonds. The highest BCUT2D eigenvalue weighted by Crippen LogP contribution is 2.26. The van der Waals surface area contributed by atoms with Crippen LogP contribution in [0.1, 0.15) is 10.4 Å². The second kappa shape index (κ2) is 4.70. The number of nitrogens with zero attached hydrogens (tertiary/aromatic N) is 1. The summed E-state index contributed by atoms with van der Waals surface area (Å²) in [6.45, 7) is 0. The lowest BCUT2D eigenvalue weighted by Gasteiger charge is -2.04. The number of anilines is 2. The number of nitrogens with one attached hydrogen (secondary N) is 1. The summed E-state index contributed by atoms with van der Waals surface area (Å²) < 4.78 is 0.961. The number of hydrogen-bond donors (Lipinski definition) is 2. The third-order valence-electron chi connectivity index (χ3n) is 2.70. The Balaban J connectivity index is 1.87. The van der Waals surface area contributed by atoms with Gasteiger partial charge >= 0.3 is 0 Å².